The lowest BCUT2D eigenvalue weighted by atomic mass is 10.2. The Morgan fingerprint density at radius 3 is 2.44 bits per heavy atom. The van der Waals surface area contributed by atoms with Crippen LogP contribution < -0.4 is 10.6 Å². The van der Waals surface area contributed by atoms with Crippen LogP contribution in [0.15, 0.2) is 35.2 Å². The molecule has 27 heavy (non-hydrogen) atoms. The maximum absolute atomic E-state index is 13.2. The van der Waals surface area contributed by atoms with Crippen molar-refractivity contribution >= 4 is 40.9 Å². The molecule has 2 aromatic carbocycles. The van der Waals surface area contributed by atoms with Crippen LogP contribution in [-0.4, -0.2) is 28.1 Å². The first-order valence-corrected chi connectivity index (χ1v) is 8.42. The second-order valence-corrected chi connectivity index (χ2v) is 6.86. The molecule has 10 heteroatoms. The molecule has 0 spiro atoms. The van der Waals surface area contributed by atoms with Crippen LogP contribution in [0.3, 0.4) is 0 Å². The van der Waals surface area contributed by atoms with Crippen LogP contribution in [0.25, 0.3) is 0 Å². The van der Waals surface area contributed by atoms with Gasteiger partial charge >= 0.3 is 5.97 Å². The zero-order chi connectivity index (χ0) is 19.7. The monoisotopic (exact) mass is 396 g/mol. The molecule has 0 saturated carbocycles. The SMILES string of the molecule is O=C(C[C@@H]1Sc2cc(C(=O)O)ccc2NC1=O)Nc1cc(F)c(F)c(F)c1. The highest BCUT2D eigenvalue weighted by Gasteiger charge is 2.29. The van der Waals surface area contributed by atoms with Crippen molar-refractivity contribution in [2.75, 3.05) is 10.6 Å². The Morgan fingerprint density at radius 1 is 1.15 bits per heavy atom. The zero-order valence-corrected chi connectivity index (χ0v) is 14.2. The van der Waals surface area contributed by atoms with E-state index in [2.05, 4.69) is 10.6 Å². The van der Waals surface area contributed by atoms with Gasteiger partial charge in [-0.25, -0.2) is 18.0 Å². The summed E-state index contributed by atoms with van der Waals surface area (Å²) in [5, 5.41) is 12.9. The third kappa shape index (κ3) is 4.05. The minimum atomic E-state index is -1.65. The van der Waals surface area contributed by atoms with Crippen LogP contribution in [0.5, 0.6) is 0 Å². The van der Waals surface area contributed by atoms with Gasteiger partial charge in [0.15, 0.2) is 17.5 Å². The third-order valence-corrected chi connectivity index (χ3v) is 4.94. The van der Waals surface area contributed by atoms with Gasteiger partial charge in [0.05, 0.1) is 16.5 Å². The largest absolute Gasteiger partial charge is 0.478 e. The summed E-state index contributed by atoms with van der Waals surface area (Å²) in [7, 11) is 0. The van der Waals surface area contributed by atoms with E-state index in [1.54, 1.807) is 0 Å². The number of fused-ring (bicyclic) bond motifs is 1. The number of carbonyl (C=O) groups excluding carboxylic acids is 2. The highest BCUT2D eigenvalue weighted by Crippen LogP contribution is 2.37. The van der Waals surface area contributed by atoms with Gasteiger partial charge in [-0.05, 0) is 18.2 Å². The van der Waals surface area contributed by atoms with Crippen LogP contribution in [0.4, 0.5) is 24.5 Å². The number of halogens is 3. The zero-order valence-electron chi connectivity index (χ0n) is 13.4. The minimum absolute atomic E-state index is 0.0258. The number of benzene rings is 2. The Morgan fingerprint density at radius 2 is 1.81 bits per heavy atom. The number of carboxylic acid groups (broad SMARTS) is 1. The summed E-state index contributed by atoms with van der Waals surface area (Å²) in [5.41, 5.74) is 0.165. The van der Waals surface area contributed by atoms with Crippen molar-refractivity contribution in [1.82, 2.24) is 0 Å². The molecular weight excluding hydrogens is 385 g/mol. The lowest BCUT2D eigenvalue weighted by molar-refractivity contribution is -0.120. The van der Waals surface area contributed by atoms with Crippen molar-refractivity contribution in [3.05, 3.63) is 53.3 Å². The summed E-state index contributed by atoms with van der Waals surface area (Å²) in [4.78, 5) is 35.7. The van der Waals surface area contributed by atoms with E-state index in [1.807, 2.05) is 0 Å². The highest BCUT2D eigenvalue weighted by atomic mass is 32.2. The van der Waals surface area contributed by atoms with Crippen LogP contribution in [0.2, 0.25) is 0 Å². The first-order chi connectivity index (χ1) is 12.7. The van der Waals surface area contributed by atoms with E-state index in [1.165, 1.54) is 18.2 Å². The van der Waals surface area contributed by atoms with Crippen LogP contribution in [0.1, 0.15) is 16.8 Å². The lowest BCUT2D eigenvalue weighted by Gasteiger charge is -2.24. The van der Waals surface area contributed by atoms with E-state index in [0.29, 0.717) is 22.7 Å². The molecule has 1 aliphatic heterocycles. The van der Waals surface area contributed by atoms with Crippen molar-refractivity contribution in [2.45, 2.75) is 16.6 Å². The summed E-state index contributed by atoms with van der Waals surface area (Å²) in [6.07, 6.45) is -0.339. The third-order valence-electron chi connectivity index (χ3n) is 3.69. The molecule has 2 amide bonds. The molecule has 6 nitrogen and oxygen atoms in total. The molecule has 2 aromatic rings. The number of carboxylic acids is 1. The first-order valence-electron chi connectivity index (χ1n) is 7.54. The van der Waals surface area contributed by atoms with Crippen LogP contribution in [-0.2, 0) is 9.59 Å². The van der Waals surface area contributed by atoms with Crippen LogP contribution >= 0.6 is 11.8 Å². The predicted molar refractivity (Wildman–Crippen MR) is 91.2 cm³/mol. The number of anilines is 2. The molecule has 140 valence electrons. The molecular formula is C17H11F3N2O4S. The van der Waals surface area contributed by atoms with Gasteiger partial charge in [-0.1, -0.05) is 0 Å². The number of hydrogen-bond acceptors (Lipinski definition) is 4. The summed E-state index contributed by atoms with van der Waals surface area (Å²) in [6.45, 7) is 0. The Hall–Kier alpha value is -3.01. The average Bonchev–Trinajstić information content (AvgIpc) is 2.59. The number of thioether (sulfide) groups is 1. The minimum Gasteiger partial charge on any atom is -0.478 e. The van der Waals surface area contributed by atoms with Crippen molar-refractivity contribution < 1.29 is 32.7 Å². The summed E-state index contributed by atoms with van der Waals surface area (Å²) in [6, 6.07) is 5.41. The van der Waals surface area contributed by atoms with Crippen molar-refractivity contribution in [3.8, 4) is 0 Å². The van der Waals surface area contributed by atoms with Gasteiger partial charge in [0.2, 0.25) is 11.8 Å². The molecule has 0 aromatic heterocycles. The lowest BCUT2D eigenvalue weighted by Crippen LogP contribution is -2.32. The molecule has 0 unspecified atom stereocenters. The summed E-state index contributed by atoms with van der Waals surface area (Å²) >= 11 is 1.000. The van der Waals surface area contributed by atoms with Crippen molar-refractivity contribution in [3.63, 3.8) is 0 Å². The molecule has 0 aliphatic carbocycles. The summed E-state index contributed by atoms with van der Waals surface area (Å²) < 4.78 is 39.3. The van der Waals surface area contributed by atoms with Crippen LogP contribution in [0, 0.1) is 17.5 Å². The van der Waals surface area contributed by atoms with Gasteiger partial charge in [-0.2, -0.15) is 0 Å². The number of aromatic carboxylic acids is 1. The maximum Gasteiger partial charge on any atom is 0.335 e. The molecule has 1 heterocycles. The molecule has 0 saturated heterocycles. The Kier molecular flexibility index (Phi) is 5.08. The number of rotatable bonds is 4. The molecule has 3 N–H and O–H groups in total. The quantitative estimate of drug-likeness (QED) is 0.690. The highest BCUT2D eigenvalue weighted by molar-refractivity contribution is 8.01. The van der Waals surface area contributed by atoms with E-state index in [-0.39, 0.29) is 17.7 Å². The summed E-state index contributed by atoms with van der Waals surface area (Å²) in [5.74, 6) is -6.88. The second-order valence-electron chi connectivity index (χ2n) is 5.62. The Balaban J connectivity index is 1.72. The first kappa shape index (κ1) is 18.8. The van der Waals surface area contributed by atoms with Gasteiger partial charge in [0.1, 0.15) is 0 Å². The van der Waals surface area contributed by atoms with E-state index in [9.17, 15) is 27.6 Å². The fourth-order valence-electron chi connectivity index (χ4n) is 2.42. The van der Waals surface area contributed by atoms with Crippen molar-refractivity contribution in [1.29, 1.82) is 0 Å². The number of hydrogen-bond donors (Lipinski definition) is 3. The molecule has 0 radical (unpaired) electrons. The maximum atomic E-state index is 13.2. The van der Waals surface area contributed by atoms with Gasteiger partial charge in [-0.3, -0.25) is 9.59 Å². The molecule has 1 aliphatic rings. The van der Waals surface area contributed by atoms with Gasteiger partial charge < -0.3 is 15.7 Å². The standard InChI is InChI=1S/C17H11F3N2O4S/c18-9-4-8(5-10(19)15(9)20)21-14(23)6-13-16(24)22-11-2-1-7(17(25)26)3-12(11)27-13/h1-5,13H,6H2,(H,21,23)(H,22,24)(H,25,26)/t13-/m0/s1. The number of carbonyl (C=O) groups is 3. The normalized spacial score (nSPS) is 15.7. The van der Waals surface area contributed by atoms with E-state index in [4.69, 9.17) is 5.11 Å². The smallest absolute Gasteiger partial charge is 0.335 e. The Labute approximate surface area is 154 Å². The van der Waals surface area contributed by atoms with E-state index >= 15 is 0 Å². The van der Waals surface area contributed by atoms with E-state index < -0.39 is 40.5 Å². The Bertz CT molecular complexity index is 944. The topological polar surface area (TPSA) is 95.5 Å². The molecule has 1 atom stereocenters. The predicted octanol–water partition coefficient (Wildman–Crippen LogP) is 3.24. The van der Waals surface area contributed by atoms with Crippen molar-refractivity contribution in [2.24, 2.45) is 0 Å². The van der Waals surface area contributed by atoms with E-state index in [0.717, 1.165) is 11.8 Å². The fourth-order valence-corrected chi connectivity index (χ4v) is 3.57. The van der Waals surface area contributed by atoms with Gasteiger partial charge in [-0.15, -0.1) is 11.8 Å². The number of nitrogens with one attached hydrogen (secondary N) is 2. The molecule has 3 rings (SSSR count). The number of amides is 2. The molecule has 0 bridgehead atoms. The second kappa shape index (κ2) is 7.31. The van der Waals surface area contributed by atoms with Gasteiger partial charge in [0.25, 0.3) is 0 Å². The fraction of sp³-hybridized carbons (Fsp3) is 0.118. The molecule has 0 fully saturated rings. The van der Waals surface area contributed by atoms with Gasteiger partial charge in [0, 0.05) is 29.1 Å². The average molecular weight is 396 g/mol.